The van der Waals surface area contributed by atoms with Crippen LogP contribution in [0.1, 0.15) is 44.2 Å². The van der Waals surface area contributed by atoms with Crippen molar-refractivity contribution in [2.45, 2.75) is 52.6 Å². The van der Waals surface area contributed by atoms with Crippen LogP contribution >= 0.6 is 0 Å². The van der Waals surface area contributed by atoms with Crippen LogP contribution in [0.4, 0.5) is 0 Å². The molecule has 0 saturated carbocycles. The molecule has 1 aliphatic rings. The van der Waals surface area contributed by atoms with E-state index >= 15 is 0 Å². The fourth-order valence-corrected chi connectivity index (χ4v) is 2.77. The number of nitrogens with one attached hydrogen (secondary N) is 1. The molecule has 1 aliphatic heterocycles. The van der Waals surface area contributed by atoms with Gasteiger partial charge in [-0.3, -0.25) is 9.69 Å². The first kappa shape index (κ1) is 16.0. The lowest BCUT2D eigenvalue weighted by atomic mass is 9.95. The number of nitrogens with zero attached hydrogens (tertiary/aromatic N) is 1. The zero-order chi connectivity index (χ0) is 15.2. The number of carbonyl (C=O) groups excluding carboxylic acids is 1. The SMILES string of the molecule is CCC(C)NC(=O)C1CCN(Cc2ccc(C)cc2)CC1. The van der Waals surface area contributed by atoms with Gasteiger partial charge in [0.25, 0.3) is 0 Å². The first-order valence-electron chi connectivity index (χ1n) is 8.16. The molecule has 3 nitrogen and oxygen atoms in total. The van der Waals surface area contributed by atoms with E-state index in [1.807, 2.05) is 0 Å². The topological polar surface area (TPSA) is 32.3 Å². The fraction of sp³-hybridized carbons (Fsp3) is 0.611. The van der Waals surface area contributed by atoms with Gasteiger partial charge in [0.15, 0.2) is 0 Å². The average molecular weight is 288 g/mol. The second-order valence-electron chi connectivity index (χ2n) is 6.35. The van der Waals surface area contributed by atoms with E-state index in [0.29, 0.717) is 6.04 Å². The second-order valence-corrected chi connectivity index (χ2v) is 6.35. The Labute approximate surface area is 128 Å². The number of hydrogen-bond acceptors (Lipinski definition) is 2. The lowest BCUT2D eigenvalue weighted by Crippen LogP contribution is -2.42. The zero-order valence-electron chi connectivity index (χ0n) is 13.6. The Bertz CT molecular complexity index is 447. The summed E-state index contributed by atoms with van der Waals surface area (Å²) < 4.78 is 0. The maximum Gasteiger partial charge on any atom is 0.223 e. The number of likely N-dealkylation sites (tertiary alicyclic amines) is 1. The molecule has 21 heavy (non-hydrogen) atoms. The Morgan fingerprint density at radius 1 is 1.29 bits per heavy atom. The van der Waals surface area contributed by atoms with Gasteiger partial charge in [0.05, 0.1) is 0 Å². The summed E-state index contributed by atoms with van der Waals surface area (Å²) in [4.78, 5) is 14.6. The monoisotopic (exact) mass is 288 g/mol. The second kappa shape index (κ2) is 7.60. The molecule has 1 fully saturated rings. The van der Waals surface area contributed by atoms with Crippen LogP contribution in [-0.4, -0.2) is 29.9 Å². The van der Waals surface area contributed by atoms with Gasteiger partial charge >= 0.3 is 0 Å². The smallest absolute Gasteiger partial charge is 0.223 e. The number of aryl methyl sites for hydroxylation is 1. The maximum atomic E-state index is 12.1. The van der Waals surface area contributed by atoms with Crippen LogP contribution in [0.3, 0.4) is 0 Å². The summed E-state index contributed by atoms with van der Waals surface area (Å²) in [6.07, 6.45) is 2.96. The van der Waals surface area contributed by atoms with Crippen LogP contribution in [-0.2, 0) is 11.3 Å². The molecular formula is C18H28N2O. The summed E-state index contributed by atoms with van der Waals surface area (Å²) in [6.45, 7) is 9.34. The van der Waals surface area contributed by atoms with E-state index in [-0.39, 0.29) is 11.8 Å². The summed E-state index contributed by atoms with van der Waals surface area (Å²) in [5.74, 6) is 0.451. The van der Waals surface area contributed by atoms with Crippen LogP contribution < -0.4 is 5.32 Å². The first-order chi connectivity index (χ1) is 10.1. The van der Waals surface area contributed by atoms with Crippen molar-refractivity contribution in [2.75, 3.05) is 13.1 Å². The number of benzene rings is 1. The summed E-state index contributed by atoms with van der Waals surface area (Å²) in [6, 6.07) is 9.04. The molecule has 3 heteroatoms. The van der Waals surface area contributed by atoms with Crippen molar-refractivity contribution >= 4 is 5.91 Å². The molecule has 1 unspecified atom stereocenters. The lowest BCUT2D eigenvalue weighted by molar-refractivity contribution is -0.127. The largest absolute Gasteiger partial charge is 0.353 e. The van der Waals surface area contributed by atoms with Gasteiger partial charge in [-0.2, -0.15) is 0 Å². The van der Waals surface area contributed by atoms with E-state index < -0.39 is 0 Å². The molecule has 116 valence electrons. The fourth-order valence-electron chi connectivity index (χ4n) is 2.77. The minimum atomic E-state index is 0.202. The number of amides is 1. The van der Waals surface area contributed by atoms with Crippen molar-refractivity contribution < 1.29 is 4.79 Å². The van der Waals surface area contributed by atoms with Gasteiger partial charge in [0.1, 0.15) is 0 Å². The van der Waals surface area contributed by atoms with Crippen LogP contribution in [0.2, 0.25) is 0 Å². The third-order valence-corrected chi connectivity index (χ3v) is 4.49. The van der Waals surface area contributed by atoms with E-state index in [0.717, 1.165) is 38.9 Å². The molecule has 0 spiro atoms. The van der Waals surface area contributed by atoms with Gasteiger partial charge in [-0.1, -0.05) is 36.8 Å². The average Bonchev–Trinajstić information content (AvgIpc) is 2.50. The minimum absolute atomic E-state index is 0.202. The normalized spacial score (nSPS) is 18.4. The van der Waals surface area contributed by atoms with E-state index in [1.54, 1.807) is 0 Å². The van der Waals surface area contributed by atoms with Gasteiger partial charge in [-0.05, 0) is 51.8 Å². The number of hydrogen-bond donors (Lipinski definition) is 1. The summed E-state index contributed by atoms with van der Waals surface area (Å²) >= 11 is 0. The van der Waals surface area contributed by atoms with Crippen molar-refractivity contribution in [1.82, 2.24) is 10.2 Å². The van der Waals surface area contributed by atoms with E-state index in [1.165, 1.54) is 11.1 Å². The van der Waals surface area contributed by atoms with Gasteiger partial charge < -0.3 is 5.32 Å². The van der Waals surface area contributed by atoms with Gasteiger partial charge in [-0.25, -0.2) is 0 Å². The van der Waals surface area contributed by atoms with Crippen LogP contribution in [0, 0.1) is 12.8 Å². The van der Waals surface area contributed by atoms with E-state index in [4.69, 9.17) is 0 Å². The standard InChI is InChI=1S/C18H28N2O/c1-4-15(3)19-18(21)17-9-11-20(12-10-17)13-16-7-5-14(2)6-8-16/h5-8,15,17H,4,9-13H2,1-3H3,(H,19,21). The maximum absolute atomic E-state index is 12.1. The van der Waals surface area contributed by atoms with E-state index in [2.05, 4.69) is 55.3 Å². The number of piperidine rings is 1. The summed E-state index contributed by atoms with van der Waals surface area (Å²) in [5.41, 5.74) is 2.67. The molecule has 1 aromatic carbocycles. The minimum Gasteiger partial charge on any atom is -0.353 e. The van der Waals surface area contributed by atoms with Crippen LogP contribution in [0.25, 0.3) is 0 Å². The molecule has 1 atom stereocenters. The molecule has 1 saturated heterocycles. The molecular weight excluding hydrogens is 260 g/mol. The van der Waals surface area contributed by atoms with Crippen molar-refractivity contribution in [3.63, 3.8) is 0 Å². The predicted octanol–water partition coefficient (Wildman–Crippen LogP) is 3.12. The number of carbonyl (C=O) groups is 1. The summed E-state index contributed by atoms with van der Waals surface area (Å²) in [7, 11) is 0. The lowest BCUT2D eigenvalue weighted by Gasteiger charge is -2.31. The zero-order valence-corrected chi connectivity index (χ0v) is 13.6. The molecule has 2 rings (SSSR count). The highest BCUT2D eigenvalue weighted by atomic mass is 16.1. The molecule has 1 heterocycles. The molecule has 1 aromatic rings. The molecule has 0 bridgehead atoms. The third kappa shape index (κ3) is 4.85. The molecule has 1 amide bonds. The predicted molar refractivity (Wildman–Crippen MR) is 87.1 cm³/mol. The summed E-state index contributed by atoms with van der Waals surface area (Å²) in [5, 5.41) is 3.11. The highest BCUT2D eigenvalue weighted by molar-refractivity contribution is 5.79. The van der Waals surface area contributed by atoms with Crippen LogP contribution in [0.5, 0.6) is 0 Å². The van der Waals surface area contributed by atoms with Gasteiger partial charge in [0.2, 0.25) is 5.91 Å². The van der Waals surface area contributed by atoms with E-state index in [9.17, 15) is 4.79 Å². The van der Waals surface area contributed by atoms with Crippen molar-refractivity contribution in [1.29, 1.82) is 0 Å². The number of rotatable bonds is 5. The quantitative estimate of drug-likeness (QED) is 0.903. The molecule has 1 N–H and O–H groups in total. The van der Waals surface area contributed by atoms with Gasteiger partial charge in [-0.15, -0.1) is 0 Å². The molecule has 0 radical (unpaired) electrons. The molecule has 0 aromatic heterocycles. The van der Waals surface area contributed by atoms with Crippen molar-refractivity contribution in [3.8, 4) is 0 Å². The van der Waals surface area contributed by atoms with Crippen LogP contribution in [0.15, 0.2) is 24.3 Å². The van der Waals surface area contributed by atoms with Crippen molar-refractivity contribution in [3.05, 3.63) is 35.4 Å². The molecule has 0 aliphatic carbocycles. The van der Waals surface area contributed by atoms with Crippen molar-refractivity contribution in [2.24, 2.45) is 5.92 Å². The Morgan fingerprint density at radius 3 is 2.48 bits per heavy atom. The Hall–Kier alpha value is -1.35. The van der Waals surface area contributed by atoms with Gasteiger partial charge in [0, 0.05) is 18.5 Å². The third-order valence-electron chi connectivity index (χ3n) is 4.49. The highest BCUT2D eigenvalue weighted by Crippen LogP contribution is 2.19. The Balaban J connectivity index is 1.77. The highest BCUT2D eigenvalue weighted by Gasteiger charge is 2.25. The first-order valence-corrected chi connectivity index (χ1v) is 8.16. The Morgan fingerprint density at radius 2 is 1.90 bits per heavy atom. The Kier molecular flexibility index (Phi) is 5.80.